The number of aliphatic hydroxyl groups is 1. The molecule has 0 bridgehead atoms. The van der Waals surface area contributed by atoms with E-state index in [4.69, 9.17) is 5.11 Å². The summed E-state index contributed by atoms with van der Waals surface area (Å²) in [5, 5.41) is 7.57. The molecule has 98 valence electrons. The maximum Gasteiger partial charge on any atom is 0.180 e. The number of hydrogen-bond acceptors (Lipinski definition) is 4. The zero-order chi connectivity index (χ0) is 13.5. The largest absolute Gasteiger partial charge is 0.397 e. The van der Waals surface area contributed by atoms with Crippen molar-refractivity contribution >= 4 is 11.2 Å². The van der Waals surface area contributed by atoms with Crippen molar-refractivity contribution < 1.29 is 5.11 Å². The predicted octanol–water partition coefficient (Wildman–Crippen LogP) is 1.94. The molecule has 1 aromatic carbocycles. The van der Waals surface area contributed by atoms with Gasteiger partial charge in [0, 0.05) is 13.0 Å². The number of hydrogen-bond donors (Lipinski definition) is 2. The number of benzene rings is 1. The molecule has 0 saturated carbocycles. The van der Waals surface area contributed by atoms with Crippen LogP contribution in [0, 0.1) is 0 Å². The first-order chi connectivity index (χ1) is 9.35. The van der Waals surface area contributed by atoms with Crippen LogP contribution >= 0.6 is 0 Å². The van der Waals surface area contributed by atoms with Crippen molar-refractivity contribution in [2.24, 2.45) is 0 Å². The summed E-state index contributed by atoms with van der Waals surface area (Å²) in [6.45, 7) is 1.93. The summed E-state index contributed by atoms with van der Waals surface area (Å²) in [5.74, 6) is 0. The van der Waals surface area contributed by atoms with E-state index in [0.29, 0.717) is 0 Å². The molecule has 5 heteroatoms. The number of fused-ring (bicyclic) bond motifs is 1. The van der Waals surface area contributed by atoms with Gasteiger partial charge in [0.25, 0.3) is 0 Å². The van der Waals surface area contributed by atoms with Crippen molar-refractivity contribution in [2.75, 3.05) is 6.61 Å². The second-order valence-corrected chi connectivity index (χ2v) is 3.90. The molecule has 0 amide bonds. The summed E-state index contributed by atoms with van der Waals surface area (Å²) in [7, 11) is 0. The molecular formula is C14H16N4O. The van der Waals surface area contributed by atoms with Crippen LogP contribution in [0.25, 0.3) is 11.2 Å². The summed E-state index contributed by atoms with van der Waals surface area (Å²) >= 11 is 0. The first kappa shape index (κ1) is 13.2. The predicted molar refractivity (Wildman–Crippen MR) is 73.7 cm³/mol. The van der Waals surface area contributed by atoms with Crippen LogP contribution in [0.1, 0.15) is 18.2 Å². The van der Waals surface area contributed by atoms with Gasteiger partial charge in [-0.05, 0) is 12.5 Å². The highest BCUT2D eigenvalue weighted by atomic mass is 16.2. The number of aliphatic hydroxyl groups excluding tert-OH is 1. The molecule has 0 aliphatic heterocycles. The summed E-state index contributed by atoms with van der Waals surface area (Å²) in [4.78, 5) is 15.6. The first-order valence-corrected chi connectivity index (χ1v) is 6.13. The smallest absolute Gasteiger partial charge is 0.180 e. The molecule has 0 aliphatic rings. The van der Waals surface area contributed by atoms with Gasteiger partial charge in [-0.2, -0.15) is 0 Å². The lowest BCUT2D eigenvalue weighted by atomic mass is 10.1. The minimum absolute atomic E-state index is 0.250. The number of aromatic nitrogens is 4. The maximum atomic E-state index is 7.57. The highest BCUT2D eigenvalue weighted by Gasteiger charge is 2.05. The minimum atomic E-state index is 0.250. The van der Waals surface area contributed by atoms with Crippen LogP contribution in [0.2, 0.25) is 0 Å². The van der Waals surface area contributed by atoms with Gasteiger partial charge < -0.3 is 10.1 Å². The number of rotatable bonds is 2. The van der Waals surface area contributed by atoms with Crippen LogP contribution in [0.15, 0.2) is 43.0 Å². The molecule has 0 saturated heterocycles. The molecule has 0 atom stereocenters. The van der Waals surface area contributed by atoms with Crippen LogP contribution in [-0.2, 0) is 6.42 Å². The molecule has 3 rings (SSSR count). The zero-order valence-electron chi connectivity index (χ0n) is 10.7. The Morgan fingerprint density at radius 1 is 1.11 bits per heavy atom. The molecule has 0 radical (unpaired) electrons. The summed E-state index contributed by atoms with van der Waals surface area (Å²) in [5.41, 5.74) is 3.86. The van der Waals surface area contributed by atoms with E-state index in [1.807, 2.05) is 18.2 Å². The Bertz CT molecular complexity index is 621. The van der Waals surface area contributed by atoms with Crippen molar-refractivity contribution in [3.63, 3.8) is 0 Å². The highest BCUT2D eigenvalue weighted by molar-refractivity contribution is 5.72. The van der Waals surface area contributed by atoms with Crippen molar-refractivity contribution in [2.45, 2.75) is 13.3 Å². The van der Waals surface area contributed by atoms with Crippen LogP contribution in [0.5, 0.6) is 0 Å². The third kappa shape index (κ3) is 3.35. The van der Waals surface area contributed by atoms with Crippen LogP contribution in [0.3, 0.4) is 0 Å². The topological polar surface area (TPSA) is 74.7 Å². The van der Waals surface area contributed by atoms with Gasteiger partial charge in [0.05, 0.1) is 12.0 Å². The third-order valence-corrected chi connectivity index (χ3v) is 2.52. The van der Waals surface area contributed by atoms with Gasteiger partial charge in [0.15, 0.2) is 5.65 Å². The molecule has 2 heterocycles. The Hall–Kier alpha value is -2.27. The standard InChI is InChI=1S/C12H10N4.C2H6O/c1-2-4-9(5-3-1)6-10-11-12(15-7-13-10)16-8-14-11;1-2-3/h1-5,7-8H,6H2,(H,13,14,15,16);3H,2H2,1H3. The summed E-state index contributed by atoms with van der Waals surface area (Å²) < 4.78 is 0. The minimum Gasteiger partial charge on any atom is -0.397 e. The lowest BCUT2D eigenvalue weighted by Crippen LogP contribution is -1.94. The van der Waals surface area contributed by atoms with Crippen LogP contribution in [-0.4, -0.2) is 31.6 Å². The lowest BCUT2D eigenvalue weighted by molar-refractivity contribution is 0.318. The molecule has 19 heavy (non-hydrogen) atoms. The fourth-order valence-corrected chi connectivity index (χ4v) is 1.74. The zero-order valence-corrected chi connectivity index (χ0v) is 10.7. The van der Waals surface area contributed by atoms with E-state index in [1.54, 1.807) is 19.6 Å². The van der Waals surface area contributed by atoms with Crippen molar-refractivity contribution in [3.05, 3.63) is 54.2 Å². The van der Waals surface area contributed by atoms with E-state index in [-0.39, 0.29) is 6.61 Å². The van der Waals surface area contributed by atoms with E-state index >= 15 is 0 Å². The normalized spacial score (nSPS) is 10.0. The molecular weight excluding hydrogens is 240 g/mol. The van der Waals surface area contributed by atoms with Crippen molar-refractivity contribution in [3.8, 4) is 0 Å². The Kier molecular flexibility index (Phi) is 4.58. The van der Waals surface area contributed by atoms with Gasteiger partial charge in [0.1, 0.15) is 11.8 Å². The average Bonchev–Trinajstić information content (AvgIpc) is 2.90. The van der Waals surface area contributed by atoms with Gasteiger partial charge in [-0.15, -0.1) is 0 Å². The Morgan fingerprint density at radius 3 is 2.58 bits per heavy atom. The molecule has 0 fully saturated rings. The van der Waals surface area contributed by atoms with Crippen molar-refractivity contribution in [1.29, 1.82) is 0 Å². The average molecular weight is 256 g/mol. The Balaban J connectivity index is 0.000000408. The molecule has 0 spiro atoms. The lowest BCUT2D eigenvalue weighted by Gasteiger charge is -2.01. The Morgan fingerprint density at radius 2 is 1.84 bits per heavy atom. The fourth-order valence-electron chi connectivity index (χ4n) is 1.74. The summed E-state index contributed by atoms with van der Waals surface area (Å²) in [6, 6.07) is 10.2. The number of nitrogens with zero attached hydrogens (tertiary/aromatic N) is 3. The number of nitrogens with one attached hydrogen (secondary N) is 1. The van der Waals surface area contributed by atoms with Gasteiger partial charge in [-0.3, -0.25) is 0 Å². The quantitative estimate of drug-likeness (QED) is 0.734. The highest BCUT2D eigenvalue weighted by Crippen LogP contribution is 2.13. The van der Waals surface area contributed by atoms with E-state index in [1.165, 1.54) is 5.56 Å². The van der Waals surface area contributed by atoms with Crippen LogP contribution < -0.4 is 0 Å². The van der Waals surface area contributed by atoms with Gasteiger partial charge in [0.2, 0.25) is 0 Å². The van der Waals surface area contributed by atoms with Gasteiger partial charge in [-0.1, -0.05) is 30.3 Å². The number of aromatic amines is 1. The van der Waals surface area contributed by atoms with Crippen LogP contribution in [0.4, 0.5) is 0 Å². The molecule has 0 aliphatic carbocycles. The molecule has 5 nitrogen and oxygen atoms in total. The third-order valence-electron chi connectivity index (χ3n) is 2.52. The first-order valence-electron chi connectivity index (χ1n) is 6.13. The van der Waals surface area contributed by atoms with E-state index in [9.17, 15) is 0 Å². The molecule has 2 N–H and O–H groups in total. The molecule has 0 unspecified atom stereocenters. The van der Waals surface area contributed by atoms with Gasteiger partial charge >= 0.3 is 0 Å². The van der Waals surface area contributed by atoms with Gasteiger partial charge in [-0.25, -0.2) is 15.0 Å². The van der Waals surface area contributed by atoms with E-state index < -0.39 is 0 Å². The SMILES string of the molecule is CCO.c1ccc(Cc2ncnc3nc[nH]c23)cc1. The number of imidazole rings is 1. The fraction of sp³-hybridized carbons (Fsp3) is 0.214. The van der Waals surface area contributed by atoms with E-state index in [0.717, 1.165) is 23.3 Å². The molecule has 3 aromatic rings. The second kappa shape index (κ2) is 6.61. The monoisotopic (exact) mass is 256 g/mol. The molecule has 2 aromatic heterocycles. The maximum absolute atomic E-state index is 7.57. The van der Waals surface area contributed by atoms with E-state index in [2.05, 4.69) is 32.1 Å². The second-order valence-electron chi connectivity index (χ2n) is 3.90. The Labute approximate surface area is 111 Å². The number of H-pyrrole nitrogens is 1. The summed E-state index contributed by atoms with van der Waals surface area (Å²) in [6.07, 6.45) is 4.00. The van der Waals surface area contributed by atoms with Crippen molar-refractivity contribution in [1.82, 2.24) is 19.9 Å².